The maximum Gasteiger partial charge on any atom is 0.319 e. The van der Waals surface area contributed by atoms with Crippen LogP contribution in [0, 0.1) is 11.3 Å². The number of benzene rings is 3. The Hall–Kier alpha value is -5.07. The van der Waals surface area contributed by atoms with Crippen molar-refractivity contribution in [2.75, 3.05) is 23.8 Å². The number of esters is 1. The van der Waals surface area contributed by atoms with E-state index in [1.165, 1.54) is 21.5 Å². The molecule has 7 rings (SSSR count). The van der Waals surface area contributed by atoms with E-state index in [1.54, 1.807) is 65.7 Å². The molecule has 0 bridgehead atoms. The number of thiocarbonyl (C=S) groups is 1. The molecule has 0 spiro atoms. The summed E-state index contributed by atoms with van der Waals surface area (Å²) >= 11 is 13.2. The van der Waals surface area contributed by atoms with Crippen LogP contribution in [0.3, 0.4) is 0 Å². The number of ether oxygens (including phenoxy) is 1. The van der Waals surface area contributed by atoms with Crippen LogP contribution in [0.5, 0.6) is 0 Å². The zero-order valence-corrected chi connectivity index (χ0v) is 38.6. The summed E-state index contributed by atoms with van der Waals surface area (Å²) in [7, 11) is 0. The largest absolute Gasteiger partial charge is 0.465 e. The minimum absolute atomic E-state index is 0.0115. The summed E-state index contributed by atoms with van der Waals surface area (Å²) in [5.41, 5.74) is 5.01. The molecular weight excluding hydrogens is 875 g/mol. The zero-order valence-electron chi connectivity index (χ0n) is 33.7. The zero-order chi connectivity index (χ0) is 42.9. The Labute approximate surface area is 382 Å². The van der Waals surface area contributed by atoms with Crippen molar-refractivity contribution in [2.45, 2.75) is 38.9 Å². The lowest BCUT2D eigenvalue weighted by Gasteiger charge is -2.27. The Morgan fingerprint density at radius 3 is 1.97 bits per heavy atom. The molecule has 308 valence electrons. The van der Waals surface area contributed by atoms with E-state index in [4.69, 9.17) is 17.0 Å². The van der Waals surface area contributed by atoms with Crippen molar-refractivity contribution in [1.29, 1.82) is 5.26 Å². The van der Waals surface area contributed by atoms with E-state index in [2.05, 4.69) is 109 Å². The number of hydrogen-bond donors (Lipinski definition) is 0. The molecule has 3 aromatic heterocycles. The second-order valence-corrected chi connectivity index (χ2v) is 20.8. The summed E-state index contributed by atoms with van der Waals surface area (Å²) in [6.45, 7) is 5.49. The summed E-state index contributed by atoms with van der Waals surface area (Å²) in [6.07, 6.45) is 2.99. The third-order valence-electron chi connectivity index (χ3n) is 9.67. The molecule has 1 atom stereocenters. The number of rotatable bonds is 15. The van der Waals surface area contributed by atoms with Gasteiger partial charge in [-0.2, -0.15) is 5.26 Å². The Bertz CT molecular complexity index is 2600. The fourth-order valence-electron chi connectivity index (χ4n) is 6.57. The first-order chi connectivity index (χ1) is 29.6. The number of amides is 2. The topological polar surface area (TPSA) is 90.7 Å². The molecule has 1 aliphatic rings. The normalized spacial score (nSPS) is 14.0. The molecule has 1 aliphatic heterocycles. The highest BCUT2D eigenvalue weighted by atomic mass is 32.2. The van der Waals surface area contributed by atoms with Crippen LogP contribution in [-0.2, 0) is 19.1 Å². The molecule has 0 fully saturated rings. The van der Waals surface area contributed by atoms with E-state index in [1.807, 2.05) is 30.3 Å². The van der Waals surface area contributed by atoms with Crippen LogP contribution in [-0.4, -0.2) is 50.4 Å². The highest BCUT2D eigenvalue weighted by molar-refractivity contribution is 8.47. The van der Waals surface area contributed by atoms with Crippen molar-refractivity contribution in [3.63, 3.8) is 0 Å². The molecular formula is C48H41N3O4S6. The molecule has 7 nitrogen and oxygen atoms in total. The molecule has 3 aromatic carbocycles. The van der Waals surface area contributed by atoms with Gasteiger partial charge in [0.25, 0.3) is 11.8 Å². The summed E-state index contributed by atoms with van der Waals surface area (Å²) < 4.78 is 6.13. The minimum atomic E-state index is -0.639. The summed E-state index contributed by atoms with van der Waals surface area (Å²) in [6, 6.07) is 44.1. The number of thioether (sulfide) groups is 2. The Morgan fingerprint density at radius 2 is 1.36 bits per heavy atom. The highest BCUT2D eigenvalue weighted by Gasteiger charge is 2.35. The van der Waals surface area contributed by atoms with Crippen LogP contribution < -0.4 is 4.90 Å². The Morgan fingerprint density at radius 1 is 0.803 bits per heavy atom. The molecule has 1 unspecified atom stereocenters. The van der Waals surface area contributed by atoms with Gasteiger partial charge in [-0.1, -0.05) is 79.4 Å². The van der Waals surface area contributed by atoms with Crippen molar-refractivity contribution < 1.29 is 19.1 Å². The van der Waals surface area contributed by atoms with Gasteiger partial charge >= 0.3 is 5.97 Å². The van der Waals surface area contributed by atoms with Crippen molar-refractivity contribution in [1.82, 2.24) is 4.90 Å². The van der Waals surface area contributed by atoms with Crippen LogP contribution in [0.1, 0.15) is 38.5 Å². The quantitative estimate of drug-likeness (QED) is 0.0328. The molecule has 0 N–H and O–H groups in total. The van der Waals surface area contributed by atoms with Gasteiger partial charge in [0, 0.05) is 58.4 Å². The Balaban J connectivity index is 1.01. The molecule has 0 radical (unpaired) electrons. The third kappa shape index (κ3) is 10.5. The Kier molecular flexibility index (Phi) is 14.9. The predicted molar refractivity (Wildman–Crippen MR) is 262 cm³/mol. The number of carbonyl (C=O) groups is 3. The maximum atomic E-state index is 13.7. The second-order valence-electron chi connectivity index (χ2n) is 13.9. The van der Waals surface area contributed by atoms with E-state index in [0.717, 1.165) is 59.2 Å². The first-order valence-electron chi connectivity index (χ1n) is 19.6. The van der Waals surface area contributed by atoms with Crippen LogP contribution >= 0.6 is 69.8 Å². The summed E-state index contributed by atoms with van der Waals surface area (Å²) in [5, 5.41) is 9.44. The van der Waals surface area contributed by atoms with E-state index < -0.39 is 23.0 Å². The average Bonchev–Trinajstić information content (AvgIpc) is 4.08. The lowest BCUT2D eigenvalue weighted by atomic mass is 9.94. The van der Waals surface area contributed by atoms with E-state index >= 15 is 0 Å². The molecule has 2 amide bonds. The average molecular weight is 916 g/mol. The van der Waals surface area contributed by atoms with Crippen molar-refractivity contribution in [3.05, 3.63) is 143 Å². The minimum Gasteiger partial charge on any atom is -0.465 e. The SMILES string of the molecule is CCCSC(=S)SC(C)C(=O)OCCCN1C(=O)C(=Cc2ccc(-c3ccc(-c4ccc(-c5ccc(N(c6ccccc6)c6ccccc6)cc5)s4)s3)s2)C(C)=C(C#N)C1=O. The first kappa shape index (κ1) is 44.0. The molecule has 4 heterocycles. The number of hydrogen-bond acceptors (Lipinski definition) is 12. The van der Waals surface area contributed by atoms with Gasteiger partial charge < -0.3 is 9.64 Å². The van der Waals surface area contributed by atoms with Gasteiger partial charge in [-0.05, 0) is 122 Å². The second kappa shape index (κ2) is 20.7. The monoisotopic (exact) mass is 915 g/mol. The molecule has 0 saturated carbocycles. The number of thiophene rings is 3. The number of carbonyl (C=O) groups excluding carboxylic acids is 3. The van der Waals surface area contributed by atoms with Gasteiger partial charge in [-0.25, -0.2) is 0 Å². The number of imide groups is 1. The molecule has 0 saturated heterocycles. The van der Waals surface area contributed by atoms with Crippen LogP contribution in [0.25, 0.3) is 36.0 Å². The van der Waals surface area contributed by atoms with E-state index in [9.17, 15) is 19.6 Å². The molecule has 13 heteroatoms. The number of nitriles is 1. The standard InChI is InChI=1S/C48H41N3O4S6/c1-4-28-57-48(56)58-32(3)47(54)55-27-11-26-50-45(52)38(31(2)39(30-49)46(50)53)29-37-20-21-41(59-37)42-24-25-44(61-42)43-23-22-40(60-43)33-16-18-36(19-17-33)51(34-12-7-5-8-13-34)35-14-9-6-10-15-35/h5-10,12-25,29,32H,4,11,26-28H2,1-3H3. The van der Waals surface area contributed by atoms with Gasteiger partial charge in [0.2, 0.25) is 0 Å². The van der Waals surface area contributed by atoms with E-state index in [-0.39, 0.29) is 25.1 Å². The molecule has 0 aliphatic carbocycles. The predicted octanol–water partition coefficient (Wildman–Crippen LogP) is 13.4. The van der Waals surface area contributed by atoms with Crippen molar-refractivity contribution in [3.8, 4) is 36.0 Å². The fraction of sp³-hybridized carbons (Fsp3) is 0.188. The van der Waals surface area contributed by atoms with Gasteiger partial charge in [-0.3, -0.25) is 19.3 Å². The van der Waals surface area contributed by atoms with Gasteiger partial charge in [0.1, 0.15) is 20.4 Å². The molecule has 61 heavy (non-hydrogen) atoms. The number of para-hydroxylation sites is 2. The lowest BCUT2D eigenvalue weighted by molar-refractivity contribution is -0.143. The van der Waals surface area contributed by atoms with Gasteiger partial charge in [0.05, 0.1) is 6.61 Å². The summed E-state index contributed by atoms with van der Waals surface area (Å²) in [4.78, 5) is 49.3. The van der Waals surface area contributed by atoms with Gasteiger partial charge in [-0.15, -0.1) is 45.8 Å². The third-order valence-corrected chi connectivity index (χ3v) is 16.2. The highest BCUT2D eigenvalue weighted by Crippen LogP contribution is 2.43. The van der Waals surface area contributed by atoms with Crippen LogP contribution in [0.15, 0.2) is 138 Å². The van der Waals surface area contributed by atoms with Crippen LogP contribution in [0.4, 0.5) is 17.1 Å². The summed E-state index contributed by atoms with van der Waals surface area (Å²) in [5.74, 6) is -0.626. The first-order valence-corrected chi connectivity index (χ1v) is 24.4. The van der Waals surface area contributed by atoms with Crippen molar-refractivity contribution >= 4 is 114 Å². The lowest BCUT2D eigenvalue weighted by Crippen LogP contribution is -2.43. The smallest absolute Gasteiger partial charge is 0.319 e. The molecule has 6 aromatic rings. The number of nitrogens with zero attached hydrogens (tertiary/aromatic N) is 3. The fourth-order valence-corrected chi connectivity index (χ4v) is 12.2. The van der Waals surface area contributed by atoms with Gasteiger partial charge in [0.15, 0.2) is 0 Å². The van der Waals surface area contributed by atoms with Crippen LogP contribution in [0.2, 0.25) is 0 Å². The van der Waals surface area contributed by atoms with Crippen molar-refractivity contribution in [2.24, 2.45) is 0 Å². The number of anilines is 3. The van der Waals surface area contributed by atoms with E-state index in [0.29, 0.717) is 14.7 Å². The maximum absolute atomic E-state index is 13.7.